The minimum absolute atomic E-state index is 0.306. The molecule has 6 heteroatoms. The van der Waals surface area contributed by atoms with Crippen LogP contribution in [0, 0.1) is 0 Å². The van der Waals surface area contributed by atoms with Gasteiger partial charge in [0.15, 0.2) is 9.84 Å². The van der Waals surface area contributed by atoms with Crippen molar-refractivity contribution in [1.82, 2.24) is 5.32 Å². The van der Waals surface area contributed by atoms with Crippen LogP contribution in [0.1, 0.15) is 12.5 Å². The lowest BCUT2D eigenvalue weighted by Gasteiger charge is -2.11. The van der Waals surface area contributed by atoms with Gasteiger partial charge in [0.05, 0.1) is 0 Å². The summed E-state index contributed by atoms with van der Waals surface area (Å²) in [6, 6.07) is 7.44. The Labute approximate surface area is 109 Å². The third-order valence-corrected chi connectivity index (χ3v) is 4.69. The summed E-state index contributed by atoms with van der Waals surface area (Å²) in [6.07, 6.45) is 1.05. The van der Waals surface area contributed by atoms with Crippen LogP contribution in [0.15, 0.2) is 28.7 Å². The van der Waals surface area contributed by atoms with E-state index in [-0.39, 0.29) is 0 Å². The minimum Gasteiger partial charge on any atom is -0.351 e. The number of amides is 1. The molecule has 0 heterocycles. The average molecular weight is 320 g/mol. The molecule has 0 bridgehead atoms. The molecule has 0 fully saturated rings. The average Bonchev–Trinajstić information content (AvgIpc) is 2.25. The van der Waals surface area contributed by atoms with Crippen molar-refractivity contribution in [3.63, 3.8) is 0 Å². The van der Waals surface area contributed by atoms with Gasteiger partial charge in [-0.25, -0.2) is 8.42 Å². The van der Waals surface area contributed by atoms with Crippen molar-refractivity contribution in [2.45, 2.75) is 18.7 Å². The van der Waals surface area contributed by atoms with Gasteiger partial charge in [0.1, 0.15) is 5.25 Å². The van der Waals surface area contributed by atoms with Crippen molar-refractivity contribution in [2.24, 2.45) is 0 Å². The second kappa shape index (κ2) is 5.64. The number of hydrogen-bond donors (Lipinski definition) is 1. The summed E-state index contributed by atoms with van der Waals surface area (Å²) in [5, 5.41) is 1.57. The van der Waals surface area contributed by atoms with E-state index in [4.69, 9.17) is 0 Å². The zero-order chi connectivity index (χ0) is 13.1. The Hall–Kier alpha value is -0.880. The van der Waals surface area contributed by atoms with E-state index in [9.17, 15) is 13.2 Å². The number of halogens is 1. The van der Waals surface area contributed by atoms with E-state index in [1.54, 1.807) is 0 Å². The highest BCUT2D eigenvalue weighted by Gasteiger charge is 2.23. The Morgan fingerprint density at radius 2 is 2.00 bits per heavy atom. The molecule has 1 rings (SSSR count). The molecule has 1 amide bonds. The molecule has 0 aromatic heterocycles. The molecule has 94 valence electrons. The number of carbonyl (C=O) groups excluding carboxylic acids is 1. The number of nitrogens with one attached hydrogen (secondary N) is 1. The van der Waals surface area contributed by atoms with Crippen LogP contribution in [0.4, 0.5) is 0 Å². The lowest BCUT2D eigenvalue weighted by molar-refractivity contribution is -0.120. The summed E-state index contributed by atoms with van der Waals surface area (Å²) in [7, 11) is -3.34. The van der Waals surface area contributed by atoms with Crippen LogP contribution in [-0.2, 0) is 21.2 Å². The van der Waals surface area contributed by atoms with Gasteiger partial charge in [0.2, 0.25) is 5.91 Å². The molecule has 0 aliphatic carbocycles. The van der Waals surface area contributed by atoms with Crippen LogP contribution < -0.4 is 5.32 Å². The van der Waals surface area contributed by atoms with E-state index < -0.39 is 21.0 Å². The van der Waals surface area contributed by atoms with Crippen LogP contribution in [0.3, 0.4) is 0 Å². The molecule has 4 nitrogen and oxygen atoms in total. The second-order valence-electron chi connectivity index (χ2n) is 3.78. The molecule has 1 aromatic rings. The first kappa shape index (κ1) is 14.2. The van der Waals surface area contributed by atoms with Crippen LogP contribution >= 0.6 is 15.9 Å². The zero-order valence-corrected chi connectivity index (χ0v) is 12.0. The van der Waals surface area contributed by atoms with E-state index in [1.165, 1.54) is 6.92 Å². The fraction of sp³-hybridized carbons (Fsp3) is 0.364. The largest absolute Gasteiger partial charge is 0.351 e. The molecule has 1 aromatic carbocycles. The van der Waals surface area contributed by atoms with E-state index >= 15 is 0 Å². The molecule has 0 aliphatic heterocycles. The Morgan fingerprint density at radius 1 is 1.41 bits per heavy atom. The fourth-order valence-electron chi connectivity index (χ4n) is 1.16. The zero-order valence-electron chi connectivity index (χ0n) is 9.60. The number of rotatable bonds is 4. The van der Waals surface area contributed by atoms with Gasteiger partial charge in [-0.05, 0) is 18.6 Å². The Kier molecular flexibility index (Phi) is 4.70. The second-order valence-corrected chi connectivity index (χ2v) is 7.00. The Morgan fingerprint density at radius 3 is 2.53 bits per heavy atom. The van der Waals surface area contributed by atoms with Crippen LogP contribution in [0.25, 0.3) is 0 Å². The van der Waals surface area contributed by atoms with Crippen LogP contribution in [-0.4, -0.2) is 25.8 Å². The first-order valence-electron chi connectivity index (χ1n) is 5.02. The van der Waals surface area contributed by atoms with Crippen LogP contribution in [0.2, 0.25) is 0 Å². The van der Waals surface area contributed by atoms with E-state index in [0.717, 1.165) is 16.3 Å². The molecule has 0 radical (unpaired) electrons. The molecule has 1 unspecified atom stereocenters. The lowest BCUT2D eigenvalue weighted by atomic mass is 10.2. The molecule has 0 aliphatic rings. The predicted octanol–water partition coefficient (Wildman–Crippen LogP) is 1.50. The molecule has 0 spiro atoms. The summed E-state index contributed by atoms with van der Waals surface area (Å²) < 4.78 is 23.2. The number of hydrogen-bond acceptors (Lipinski definition) is 3. The highest BCUT2D eigenvalue weighted by molar-refractivity contribution is 9.10. The summed E-state index contributed by atoms with van der Waals surface area (Å²) >= 11 is 3.35. The van der Waals surface area contributed by atoms with Crippen molar-refractivity contribution in [3.8, 4) is 0 Å². The van der Waals surface area contributed by atoms with Gasteiger partial charge in [-0.2, -0.15) is 0 Å². The summed E-state index contributed by atoms with van der Waals surface area (Å²) in [4.78, 5) is 11.6. The van der Waals surface area contributed by atoms with E-state index in [1.807, 2.05) is 24.3 Å². The monoisotopic (exact) mass is 319 g/mol. The quantitative estimate of drug-likeness (QED) is 0.914. The molecule has 0 saturated heterocycles. The van der Waals surface area contributed by atoms with Gasteiger partial charge in [0, 0.05) is 17.3 Å². The fourth-order valence-corrected chi connectivity index (χ4v) is 2.06. The van der Waals surface area contributed by atoms with Gasteiger partial charge >= 0.3 is 0 Å². The minimum atomic E-state index is -3.34. The molecule has 0 saturated carbocycles. The van der Waals surface area contributed by atoms with E-state index in [2.05, 4.69) is 21.2 Å². The third-order valence-electron chi connectivity index (χ3n) is 2.42. The normalized spacial score (nSPS) is 13.1. The summed E-state index contributed by atoms with van der Waals surface area (Å²) in [6.45, 7) is 1.69. The van der Waals surface area contributed by atoms with Crippen molar-refractivity contribution in [3.05, 3.63) is 34.3 Å². The van der Waals surface area contributed by atoms with Crippen LogP contribution in [0.5, 0.6) is 0 Å². The molecule has 1 atom stereocenters. The van der Waals surface area contributed by atoms with Crippen molar-refractivity contribution >= 4 is 31.7 Å². The first-order valence-corrected chi connectivity index (χ1v) is 7.77. The maximum Gasteiger partial charge on any atom is 0.238 e. The smallest absolute Gasteiger partial charge is 0.238 e. The topological polar surface area (TPSA) is 63.2 Å². The van der Waals surface area contributed by atoms with Gasteiger partial charge in [0.25, 0.3) is 0 Å². The third kappa shape index (κ3) is 4.12. The van der Waals surface area contributed by atoms with Gasteiger partial charge < -0.3 is 5.32 Å². The van der Waals surface area contributed by atoms with E-state index in [0.29, 0.717) is 6.54 Å². The summed E-state index contributed by atoms with van der Waals surface area (Å²) in [5.74, 6) is -0.483. The standard InChI is InChI=1S/C11H14BrNO3S/c1-8(17(2,15)16)11(14)13-7-9-5-3-4-6-10(9)12/h3-6,8H,7H2,1-2H3,(H,13,14). The summed E-state index contributed by atoms with van der Waals surface area (Å²) in [5.41, 5.74) is 0.904. The SMILES string of the molecule is CC(C(=O)NCc1ccccc1Br)S(C)(=O)=O. The maximum atomic E-state index is 11.6. The maximum absolute atomic E-state index is 11.6. The van der Waals surface area contributed by atoms with Crippen molar-refractivity contribution in [1.29, 1.82) is 0 Å². The number of sulfone groups is 1. The van der Waals surface area contributed by atoms with Gasteiger partial charge in [-0.3, -0.25) is 4.79 Å². The Bertz CT molecular complexity index is 513. The van der Waals surface area contributed by atoms with Crippen molar-refractivity contribution < 1.29 is 13.2 Å². The number of benzene rings is 1. The highest BCUT2D eigenvalue weighted by Crippen LogP contribution is 2.15. The van der Waals surface area contributed by atoms with Crippen molar-refractivity contribution in [2.75, 3.05) is 6.26 Å². The van der Waals surface area contributed by atoms with Gasteiger partial charge in [-0.1, -0.05) is 34.1 Å². The predicted molar refractivity (Wildman–Crippen MR) is 70.3 cm³/mol. The number of carbonyl (C=O) groups is 1. The molecule has 17 heavy (non-hydrogen) atoms. The first-order chi connectivity index (χ1) is 7.82. The molecular weight excluding hydrogens is 306 g/mol. The molecule has 1 N–H and O–H groups in total. The highest BCUT2D eigenvalue weighted by atomic mass is 79.9. The molecular formula is C11H14BrNO3S. The van der Waals surface area contributed by atoms with Gasteiger partial charge in [-0.15, -0.1) is 0 Å². The lowest BCUT2D eigenvalue weighted by Crippen LogP contribution is -2.37. The Balaban J connectivity index is 2.64.